The second-order valence-electron chi connectivity index (χ2n) is 5.08. The molecule has 0 saturated carbocycles. The second kappa shape index (κ2) is 5.58. The summed E-state index contributed by atoms with van der Waals surface area (Å²) in [6.45, 7) is 6.15. The van der Waals surface area contributed by atoms with Gasteiger partial charge >= 0.3 is 0 Å². The van der Waals surface area contributed by atoms with E-state index >= 15 is 0 Å². The highest BCUT2D eigenvalue weighted by atomic mass is 32.2. The van der Waals surface area contributed by atoms with Crippen LogP contribution in [0.3, 0.4) is 0 Å². The minimum atomic E-state index is -3.18. The van der Waals surface area contributed by atoms with Crippen molar-refractivity contribution in [1.29, 1.82) is 0 Å². The molecule has 1 aromatic carbocycles. The lowest BCUT2D eigenvalue weighted by Crippen LogP contribution is -2.08. The molecule has 0 aliphatic rings. The maximum absolute atomic E-state index is 11.6. The Labute approximate surface area is 124 Å². The van der Waals surface area contributed by atoms with Crippen molar-refractivity contribution in [2.24, 2.45) is 0 Å². The van der Waals surface area contributed by atoms with Gasteiger partial charge in [-0.05, 0) is 55.5 Å². The van der Waals surface area contributed by atoms with E-state index in [0.717, 1.165) is 11.3 Å². The normalized spacial score (nSPS) is 13.2. The lowest BCUT2D eigenvalue weighted by molar-refractivity contribution is 0.602. The topological polar surface area (TPSA) is 46.2 Å². The lowest BCUT2D eigenvalue weighted by atomic mass is 10.1. The van der Waals surface area contributed by atoms with Crippen LogP contribution in [-0.2, 0) is 9.84 Å². The van der Waals surface area contributed by atoms with Gasteiger partial charge in [0, 0.05) is 16.8 Å². The van der Waals surface area contributed by atoms with E-state index in [-0.39, 0.29) is 6.04 Å². The van der Waals surface area contributed by atoms with Crippen LogP contribution in [0.15, 0.2) is 34.5 Å². The van der Waals surface area contributed by atoms with Gasteiger partial charge in [0.15, 0.2) is 9.84 Å². The number of nitrogens with one attached hydrogen (secondary N) is 1. The number of thiophene rings is 1. The molecule has 1 N–H and O–H groups in total. The van der Waals surface area contributed by atoms with Crippen molar-refractivity contribution in [2.75, 3.05) is 11.6 Å². The molecule has 0 aliphatic heterocycles. The molecule has 108 valence electrons. The van der Waals surface area contributed by atoms with Crippen molar-refractivity contribution in [2.45, 2.75) is 31.7 Å². The van der Waals surface area contributed by atoms with Crippen molar-refractivity contribution in [3.63, 3.8) is 0 Å². The highest BCUT2D eigenvalue weighted by molar-refractivity contribution is 7.90. The SMILES string of the molecule is Cc1ccc(S(C)(=O)=O)cc1NC(C)c1sccc1C. The highest BCUT2D eigenvalue weighted by Gasteiger charge is 2.13. The third-order valence-corrected chi connectivity index (χ3v) is 5.62. The molecular weight excluding hydrogens is 290 g/mol. The van der Waals surface area contributed by atoms with Crippen LogP contribution >= 0.6 is 11.3 Å². The highest BCUT2D eigenvalue weighted by Crippen LogP contribution is 2.29. The summed E-state index contributed by atoms with van der Waals surface area (Å²) in [5.74, 6) is 0. The number of sulfone groups is 1. The van der Waals surface area contributed by atoms with E-state index in [1.54, 1.807) is 23.5 Å². The van der Waals surface area contributed by atoms with Crippen molar-refractivity contribution in [3.05, 3.63) is 45.6 Å². The molecular formula is C15H19NO2S2. The van der Waals surface area contributed by atoms with E-state index in [4.69, 9.17) is 0 Å². The van der Waals surface area contributed by atoms with Gasteiger partial charge in [-0.1, -0.05) is 6.07 Å². The molecule has 20 heavy (non-hydrogen) atoms. The molecule has 2 aromatic rings. The van der Waals surface area contributed by atoms with Gasteiger partial charge in [0.05, 0.1) is 10.9 Å². The molecule has 2 rings (SSSR count). The Bertz CT molecular complexity index is 717. The van der Waals surface area contributed by atoms with E-state index in [2.05, 4.69) is 30.6 Å². The average molecular weight is 309 g/mol. The Morgan fingerprint density at radius 3 is 2.40 bits per heavy atom. The number of benzene rings is 1. The Balaban J connectivity index is 2.32. The van der Waals surface area contributed by atoms with Crippen LogP contribution in [0, 0.1) is 13.8 Å². The van der Waals surface area contributed by atoms with Crippen LogP contribution in [0.2, 0.25) is 0 Å². The smallest absolute Gasteiger partial charge is 0.175 e. The van der Waals surface area contributed by atoms with Gasteiger partial charge in [0.25, 0.3) is 0 Å². The van der Waals surface area contributed by atoms with Crippen molar-refractivity contribution >= 4 is 26.9 Å². The summed E-state index contributed by atoms with van der Waals surface area (Å²) >= 11 is 1.71. The molecule has 0 fully saturated rings. The molecule has 0 radical (unpaired) electrons. The largest absolute Gasteiger partial charge is 0.377 e. The summed E-state index contributed by atoms with van der Waals surface area (Å²) in [5, 5.41) is 5.48. The fourth-order valence-corrected chi connectivity index (χ4v) is 3.70. The van der Waals surface area contributed by atoms with E-state index < -0.39 is 9.84 Å². The molecule has 5 heteroatoms. The second-order valence-corrected chi connectivity index (χ2v) is 8.05. The average Bonchev–Trinajstić information content (AvgIpc) is 2.77. The van der Waals surface area contributed by atoms with Gasteiger partial charge in [0.1, 0.15) is 0 Å². The van der Waals surface area contributed by atoms with Crippen molar-refractivity contribution in [3.8, 4) is 0 Å². The van der Waals surface area contributed by atoms with E-state index in [1.165, 1.54) is 16.7 Å². The zero-order valence-corrected chi connectivity index (χ0v) is 13.7. The van der Waals surface area contributed by atoms with E-state index in [1.807, 2.05) is 13.0 Å². The fourth-order valence-electron chi connectivity index (χ4n) is 2.11. The van der Waals surface area contributed by atoms with Gasteiger partial charge in [-0.25, -0.2) is 8.42 Å². The third kappa shape index (κ3) is 3.22. The molecule has 1 heterocycles. The van der Waals surface area contributed by atoms with Gasteiger partial charge in [-0.3, -0.25) is 0 Å². The molecule has 0 bridgehead atoms. The van der Waals surface area contributed by atoms with E-state index in [0.29, 0.717) is 4.90 Å². The standard InChI is InChI=1S/C15H19NO2S2/c1-10-5-6-13(20(4,17)18)9-14(10)16-12(3)15-11(2)7-8-19-15/h5-9,12,16H,1-4H3. The number of hydrogen-bond donors (Lipinski definition) is 1. The van der Waals surface area contributed by atoms with Crippen LogP contribution in [0.1, 0.15) is 29.0 Å². The predicted octanol–water partition coefficient (Wildman–Crippen LogP) is 3.94. The van der Waals surface area contributed by atoms with E-state index in [9.17, 15) is 8.42 Å². The molecule has 1 unspecified atom stereocenters. The molecule has 1 atom stereocenters. The van der Waals surface area contributed by atoms with Crippen LogP contribution in [0.5, 0.6) is 0 Å². The van der Waals surface area contributed by atoms with Gasteiger partial charge in [-0.15, -0.1) is 11.3 Å². The first-order valence-electron chi connectivity index (χ1n) is 6.40. The molecule has 0 saturated heterocycles. The van der Waals surface area contributed by atoms with Crippen LogP contribution < -0.4 is 5.32 Å². The van der Waals surface area contributed by atoms with Gasteiger partial charge in [-0.2, -0.15) is 0 Å². The minimum Gasteiger partial charge on any atom is -0.377 e. The van der Waals surface area contributed by atoms with Crippen molar-refractivity contribution in [1.82, 2.24) is 0 Å². The quantitative estimate of drug-likeness (QED) is 0.930. The van der Waals surface area contributed by atoms with Crippen LogP contribution in [0.4, 0.5) is 5.69 Å². The summed E-state index contributed by atoms with van der Waals surface area (Å²) in [5.41, 5.74) is 3.17. The lowest BCUT2D eigenvalue weighted by Gasteiger charge is -2.17. The Morgan fingerprint density at radius 2 is 1.85 bits per heavy atom. The number of rotatable bonds is 4. The molecule has 3 nitrogen and oxygen atoms in total. The molecule has 0 aliphatic carbocycles. The number of hydrogen-bond acceptors (Lipinski definition) is 4. The van der Waals surface area contributed by atoms with Gasteiger partial charge in [0.2, 0.25) is 0 Å². The first-order chi connectivity index (χ1) is 9.29. The molecule has 1 aromatic heterocycles. The zero-order chi connectivity index (χ0) is 14.9. The minimum absolute atomic E-state index is 0.156. The Hall–Kier alpha value is -1.33. The predicted molar refractivity (Wildman–Crippen MR) is 85.4 cm³/mol. The summed E-state index contributed by atoms with van der Waals surface area (Å²) in [6.07, 6.45) is 1.23. The maximum Gasteiger partial charge on any atom is 0.175 e. The summed E-state index contributed by atoms with van der Waals surface area (Å²) in [6, 6.07) is 7.45. The fraction of sp³-hybridized carbons (Fsp3) is 0.333. The monoisotopic (exact) mass is 309 g/mol. The van der Waals surface area contributed by atoms with Crippen LogP contribution in [-0.4, -0.2) is 14.7 Å². The summed E-state index contributed by atoms with van der Waals surface area (Å²) in [7, 11) is -3.18. The number of aryl methyl sites for hydroxylation is 2. The maximum atomic E-state index is 11.6. The van der Waals surface area contributed by atoms with Crippen LogP contribution in [0.25, 0.3) is 0 Å². The first-order valence-corrected chi connectivity index (χ1v) is 9.17. The van der Waals surface area contributed by atoms with Gasteiger partial charge < -0.3 is 5.32 Å². The first kappa shape index (κ1) is 15.1. The summed E-state index contributed by atoms with van der Waals surface area (Å²) in [4.78, 5) is 1.62. The third-order valence-electron chi connectivity index (χ3n) is 3.30. The number of anilines is 1. The molecule has 0 amide bonds. The Morgan fingerprint density at radius 1 is 1.15 bits per heavy atom. The van der Waals surface area contributed by atoms with Crippen molar-refractivity contribution < 1.29 is 8.42 Å². The zero-order valence-electron chi connectivity index (χ0n) is 12.1. The molecule has 0 spiro atoms. The summed E-state index contributed by atoms with van der Waals surface area (Å²) < 4.78 is 23.3. The Kier molecular flexibility index (Phi) is 4.20.